The lowest BCUT2D eigenvalue weighted by molar-refractivity contribution is -0.275. The number of aromatic nitrogens is 1. The number of carbonyl (C=O) groups excluding carboxylic acids is 1. The summed E-state index contributed by atoms with van der Waals surface area (Å²) in [5.41, 5.74) is -1.33. The lowest BCUT2D eigenvalue weighted by atomic mass is 10.1. The number of ether oxygens (including phenoxy) is 3. The first kappa shape index (κ1) is 16.9. The zero-order valence-corrected chi connectivity index (χ0v) is 10.8. The van der Waals surface area contributed by atoms with Crippen LogP contribution in [0.2, 0.25) is 0 Å². The van der Waals surface area contributed by atoms with Crippen molar-refractivity contribution in [1.29, 1.82) is 0 Å². The van der Waals surface area contributed by atoms with Crippen molar-refractivity contribution in [3.05, 3.63) is 17.3 Å². The number of rotatable bonds is 5. The van der Waals surface area contributed by atoms with E-state index in [-0.39, 0.29) is 0 Å². The number of carbonyl (C=O) groups is 1. The SMILES string of the molecule is COC(=O)Cc1nc(OC)c(OC(F)(F)F)cc1C(F)F. The van der Waals surface area contributed by atoms with Crippen LogP contribution in [0.1, 0.15) is 17.7 Å². The van der Waals surface area contributed by atoms with Crippen molar-refractivity contribution in [3.8, 4) is 11.6 Å². The third-order valence-corrected chi connectivity index (χ3v) is 2.26. The third kappa shape index (κ3) is 4.72. The molecule has 0 saturated heterocycles. The Morgan fingerprint density at radius 3 is 2.38 bits per heavy atom. The van der Waals surface area contributed by atoms with E-state index in [1.807, 2.05) is 0 Å². The summed E-state index contributed by atoms with van der Waals surface area (Å²) in [6.07, 6.45) is -8.89. The molecule has 10 heteroatoms. The van der Waals surface area contributed by atoms with Gasteiger partial charge in [0, 0.05) is 5.56 Å². The van der Waals surface area contributed by atoms with Crippen molar-refractivity contribution in [2.75, 3.05) is 14.2 Å². The minimum absolute atomic E-state index is 0.433. The van der Waals surface area contributed by atoms with Gasteiger partial charge in [0.05, 0.1) is 26.3 Å². The maximum Gasteiger partial charge on any atom is 0.573 e. The predicted octanol–water partition coefficient (Wildman–Crippen LogP) is 2.64. The van der Waals surface area contributed by atoms with Gasteiger partial charge in [-0.25, -0.2) is 13.8 Å². The topological polar surface area (TPSA) is 57.7 Å². The number of methoxy groups -OCH3 is 2. The van der Waals surface area contributed by atoms with Crippen molar-refractivity contribution in [2.45, 2.75) is 19.2 Å². The molecule has 0 bridgehead atoms. The number of pyridine rings is 1. The molecule has 1 aromatic rings. The van der Waals surface area contributed by atoms with Crippen molar-refractivity contribution in [3.63, 3.8) is 0 Å². The Hall–Kier alpha value is -2.13. The molecular weight excluding hydrogens is 305 g/mol. The number of hydrogen-bond acceptors (Lipinski definition) is 5. The molecule has 1 heterocycles. The molecule has 0 radical (unpaired) electrons. The molecule has 0 saturated carbocycles. The Labute approximate surface area is 115 Å². The highest BCUT2D eigenvalue weighted by Gasteiger charge is 2.34. The van der Waals surface area contributed by atoms with E-state index in [1.54, 1.807) is 0 Å². The summed E-state index contributed by atoms with van der Waals surface area (Å²) in [6.45, 7) is 0. The smallest absolute Gasteiger partial charge is 0.478 e. The molecular formula is C11H10F5NO4. The summed E-state index contributed by atoms with van der Waals surface area (Å²) in [6, 6.07) is 0.433. The molecule has 1 rings (SSSR count). The highest BCUT2D eigenvalue weighted by atomic mass is 19.4. The van der Waals surface area contributed by atoms with Gasteiger partial charge >= 0.3 is 12.3 Å². The molecule has 0 fully saturated rings. The minimum Gasteiger partial charge on any atom is -0.478 e. The maximum atomic E-state index is 12.9. The molecule has 1 aromatic heterocycles. The van der Waals surface area contributed by atoms with Gasteiger partial charge in [0.25, 0.3) is 12.3 Å². The molecule has 0 aromatic carbocycles. The molecule has 21 heavy (non-hydrogen) atoms. The fraction of sp³-hybridized carbons (Fsp3) is 0.455. The van der Waals surface area contributed by atoms with Crippen LogP contribution in [0.3, 0.4) is 0 Å². The van der Waals surface area contributed by atoms with Crippen molar-refractivity contribution >= 4 is 5.97 Å². The number of hydrogen-bond donors (Lipinski definition) is 0. The van der Waals surface area contributed by atoms with E-state index in [0.29, 0.717) is 6.07 Å². The Morgan fingerprint density at radius 1 is 1.33 bits per heavy atom. The molecule has 0 spiro atoms. The first-order valence-electron chi connectivity index (χ1n) is 5.36. The van der Waals surface area contributed by atoms with E-state index >= 15 is 0 Å². The first-order valence-corrected chi connectivity index (χ1v) is 5.36. The number of halogens is 5. The average Bonchev–Trinajstić information content (AvgIpc) is 2.37. The fourth-order valence-electron chi connectivity index (χ4n) is 1.41. The lowest BCUT2D eigenvalue weighted by Gasteiger charge is -2.15. The van der Waals surface area contributed by atoms with Crippen LogP contribution in [0.25, 0.3) is 0 Å². The maximum absolute atomic E-state index is 12.9. The molecule has 0 amide bonds. The highest BCUT2D eigenvalue weighted by molar-refractivity contribution is 5.72. The van der Waals surface area contributed by atoms with Crippen LogP contribution < -0.4 is 9.47 Å². The zero-order chi connectivity index (χ0) is 16.2. The lowest BCUT2D eigenvalue weighted by Crippen LogP contribution is -2.19. The monoisotopic (exact) mass is 315 g/mol. The van der Waals surface area contributed by atoms with Crippen LogP contribution in [0.5, 0.6) is 11.6 Å². The first-order chi connectivity index (χ1) is 9.67. The molecule has 5 nitrogen and oxygen atoms in total. The average molecular weight is 315 g/mol. The predicted molar refractivity (Wildman–Crippen MR) is 58.1 cm³/mol. The van der Waals surface area contributed by atoms with Gasteiger partial charge in [0.15, 0.2) is 5.75 Å². The van der Waals surface area contributed by atoms with Gasteiger partial charge in [0.2, 0.25) is 0 Å². The van der Waals surface area contributed by atoms with Gasteiger partial charge in [-0.05, 0) is 6.07 Å². The van der Waals surface area contributed by atoms with Crippen LogP contribution in [-0.4, -0.2) is 31.5 Å². The summed E-state index contributed by atoms with van der Waals surface area (Å²) in [7, 11) is 2.01. The van der Waals surface area contributed by atoms with Gasteiger partial charge in [-0.2, -0.15) is 0 Å². The second-order valence-electron chi connectivity index (χ2n) is 3.63. The molecule has 0 N–H and O–H groups in total. The van der Waals surface area contributed by atoms with E-state index < -0.39 is 48.1 Å². The molecule has 0 aliphatic carbocycles. The number of nitrogens with zero attached hydrogens (tertiary/aromatic N) is 1. The minimum atomic E-state index is -5.10. The van der Waals surface area contributed by atoms with Gasteiger partial charge in [0.1, 0.15) is 0 Å². The van der Waals surface area contributed by atoms with E-state index in [1.165, 1.54) is 0 Å². The number of esters is 1. The Bertz CT molecular complexity index is 518. The summed E-state index contributed by atoms with van der Waals surface area (Å²) in [4.78, 5) is 14.6. The van der Waals surface area contributed by atoms with Gasteiger partial charge in [-0.3, -0.25) is 4.79 Å². The molecule has 0 aliphatic rings. The van der Waals surface area contributed by atoms with Crippen LogP contribution >= 0.6 is 0 Å². The Balaban J connectivity index is 3.30. The normalized spacial score (nSPS) is 11.4. The van der Waals surface area contributed by atoms with Crippen LogP contribution in [0.4, 0.5) is 22.0 Å². The van der Waals surface area contributed by atoms with Crippen molar-refractivity contribution in [2.24, 2.45) is 0 Å². The molecule has 118 valence electrons. The number of alkyl halides is 5. The zero-order valence-electron chi connectivity index (χ0n) is 10.8. The Kier molecular flexibility index (Phi) is 5.28. The quantitative estimate of drug-likeness (QED) is 0.617. The van der Waals surface area contributed by atoms with Gasteiger partial charge in [-0.1, -0.05) is 0 Å². The van der Waals surface area contributed by atoms with Crippen molar-refractivity contribution in [1.82, 2.24) is 4.98 Å². The third-order valence-electron chi connectivity index (χ3n) is 2.26. The summed E-state index contributed by atoms with van der Waals surface area (Å²) in [5, 5.41) is 0. The summed E-state index contributed by atoms with van der Waals surface area (Å²) >= 11 is 0. The fourth-order valence-corrected chi connectivity index (χ4v) is 1.41. The van der Waals surface area contributed by atoms with Gasteiger partial charge in [-0.15, -0.1) is 13.2 Å². The second kappa shape index (κ2) is 6.55. The highest BCUT2D eigenvalue weighted by Crippen LogP contribution is 2.35. The second-order valence-corrected chi connectivity index (χ2v) is 3.63. The van der Waals surface area contributed by atoms with Crippen LogP contribution in [-0.2, 0) is 16.0 Å². The van der Waals surface area contributed by atoms with Crippen LogP contribution in [0.15, 0.2) is 6.07 Å². The largest absolute Gasteiger partial charge is 0.573 e. The molecule has 0 unspecified atom stereocenters. The van der Waals surface area contributed by atoms with E-state index in [4.69, 9.17) is 0 Å². The van der Waals surface area contributed by atoms with E-state index in [0.717, 1.165) is 14.2 Å². The van der Waals surface area contributed by atoms with Crippen LogP contribution in [0, 0.1) is 0 Å². The molecule has 0 aliphatic heterocycles. The van der Waals surface area contributed by atoms with E-state index in [2.05, 4.69) is 19.2 Å². The summed E-state index contributed by atoms with van der Waals surface area (Å²) < 4.78 is 74.7. The van der Waals surface area contributed by atoms with Gasteiger partial charge < -0.3 is 14.2 Å². The standard InChI is InChI=1S/C11H10F5NO4/c1-19-8(18)4-6-5(9(12)13)3-7(10(17-6)20-2)21-11(14,15)16/h3,9H,4H2,1-2H3. The molecule has 0 atom stereocenters. The van der Waals surface area contributed by atoms with E-state index in [9.17, 15) is 26.7 Å². The Morgan fingerprint density at radius 2 is 1.95 bits per heavy atom. The van der Waals surface area contributed by atoms with Crippen molar-refractivity contribution < 1.29 is 41.0 Å². The summed E-state index contributed by atoms with van der Waals surface area (Å²) in [5.74, 6) is -2.57.